The van der Waals surface area contributed by atoms with Gasteiger partial charge in [0, 0.05) is 23.3 Å². The summed E-state index contributed by atoms with van der Waals surface area (Å²) in [5.74, 6) is 0. The number of nitrogens with zero attached hydrogens (tertiary/aromatic N) is 2. The Morgan fingerprint density at radius 2 is 1.71 bits per heavy atom. The summed E-state index contributed by atoms with van der Waals surface area (Å²) in [4.78, 5) is 9.64. The minimum Gasteiger partial charge on any atom is -0.324 e. The first kappa shape index (κ1) is 12.1. The Kier molecular flexibility index (Phi) is 3.76. The molecule has 0 amide bonds. The van der Waals surface area contributed by atoms with Crippen LogP contribution in [0.25, 0.3) is 0 Å². The van der Waals surface area contributed by atoms with Gasteiger partial charge in [-0.05, 0) is 48.9 Å². The van der Waals surface area contributed by atoms with Crippen LogP contribution in [0.1, 0.15) is 24.1 Å². The first-order chi connectivity index (χ1) is 8.15. The molecular weight excluding hydrogens is 230 g/mol. The Morgan fingerprint density at radius 1 is 1.12 bits per heavy atom. The van der Waals surface area contributed by atoms with Crippen molar-refractivity contribution in [1.82, 2.24) is 9.97 Å². The maximum absolute atomic E-state index is 5.80. The fourth-order valence-corrected chi connectivity index (χ4v) is 2.07. The fourth-order valence-electron chi connectivity index (χ4n) is 1.38. The number of aromatic nitrogens is 2. The summed E-state index contributed by atoms with van der Waals surface area (Å²) in [6, 6.07) is 8.26. The molecule has 0 saturated heterocycles. The van der Waals surface area contributed by atoms with Crippen LogP contribution in [0.4, 0.5) is 0 Å². The van der Waals surface area contributed by atoms with Crippen molar-refractivity contribution in [2.24, 2.45) is 5.73 Å². The highest BCUT2D eigenvalue weighted by atomic mass is 32.2. The molecule has 1 atom stereocenters. The maximum atomic E-state index is 5.80. The van der Waals surface area contributed by atoms with Crippen molar-refractivity contribution in [3.8, 4) is 0 Å². The van der Waals surface area contributed by atoms with E-state index in [1.807, 2.05) is 50.5 Å². The molecule has 3 nitrogen and oxygen atoms in total. The molecule has 0 aliphatic heterocycles. The average molecular weight is 245 g/mol. The number of benzene rings is 1. The fraction of sp³-hybridized carbons (Fsp3) is 0.231. The molecule has 17 heavy (non-hydrogen) atoms. The van der Waals surface area contributed by atoms with Gasteiger partial charge in [0.2, 0.25) is 0 Å². The summed E-state index contributed by atoms with van der Waals surface area (Å²) >= 11 is 1.55. The molecule has 0 saturated carbocycles. The van der Waals surface area contributed by atoms with Crippen molar-refractivity contribution in [3.63, 3.8) is 0 Å². The number of rotatable bonds is 3. The topological polar surface area (TPSA) is 51.8 Å². The van der Waals surface area contributed by atoms with Gasteiger partial charge in [-0.15, -0.1) is 0 Å². The van der Waals surface area contributed by atoms with Crippen LogP contribution in [0.3, 0.4) is 0 Å². The van der Waals surface area contributed by atoms with Gasteiger partial charge in [0.05, 0.1) is 0 Å². The van der Waals surface area contributed by atoms with Crippen LogP contribution in [-0.4, -0.2) is 9.97 Å². The van der Waals surface area contributed by atoms with Crippen LogP contribution in [-0.2, 0) is 0 Å². The lowest BCUT2D eigenvalue weighted by Crippen LogP contribution is -2.04. The van der Waals surface area contributed by atoms with E-state index in [1.54, 1.807) is 11.8 Å². The lowest BCUT2D eigenvalue weighted by molar-refractivity contribution is 0.817. The van der Waals surface area contributed by atoms with E-state index in [4.69, 9.17) is 5.73 Å². The van der Waals surface area contributed by atoms with E-state index in [0.29, 0.717) is 0 Å². The van der Waals surface area contributed by atoms with Crippen LogP contribution < -0.4 is 5.73 Å². The van der Waals surface area contributed by atoms with E-state index >= 15 is 0 Å². The van der Waals surface area contributed by atoms with Crippen LogP contribution in [0, 0.1) is 6.92 Å². The van der Waals surface area contributed by atoms with E-state index in [2.05, 4.69) is 9.97 Å². The average Bonchev–Trinajstić information content (AvgIpc) is 2.33. The highest BCUT2D eigenvalue weighted by Crippen LogP contribution is 2.25. The SMILES string of the molecule is Cc1cnc(Sc2ccc([C@H](C)N)cc2)nc1. The molecule has 1 aromatic carbocycles. The molecule has 2 aromatic rings. The third kappa shape index (κ3) is 3.28. The predicted molar refractivity (Wildman–Crippen MR) is 69.9 cm³/mol. The highest BCUT2D eigenvalue weighted by Gasteiger charge is 2.02. The molecule has 1 aromatic heterocycles. The highest BCUT2D eigenvalue weighted by molar-refractivity contribution is 7.99. The zero-order valence-electron chi connectivity index (χ0n) is 9.92. The Bertz CT molecular complexity index is 477. The summed E-state index contributed by atoms with van der Waals surface area (Å²) < 4.78 is 0. The Hall–Kier alpha value is -1.39. The monoisotopic (exact) mass is 245 g/mol. The second-order valence-corrected chi connectivity index (χ2v) is 5.04. The predicted octanol–water partition coefficient (Wildman–Crippen LogP) is 2.96. The summed E-state index contributed by atoms with van der Waals surface area (Å²) in [7, 11) is 0. The van der Waals surface area contributed by atoms with Gasteiger partial charge in [-0.3, -0.25) is 0 Å². The van der Waals surface area contributed by atoms with E-state index in [1.165, 1.54) is 0 Å². The Labute approximate surface area is 105 Å². The van der Waals surface area contributed by atoms with Gasteiger partial charge in [0.1, 0.15) is 0 Å². The van der Waals surface area contributed by atoms with Crippen molar-refractivity contribution >= 4 is 11.8 Å². The van der Waals surface area contributed by atoms with E-state index < -0.39 is 0 Å². The Balaban J connectivity index is 2.11. The van der Waals surface area contributed by atoms with Gasteiger partial charge in [-0.1, -0.05) is 12.1 Å². The number of hydrogen-bond acceptors (Lipinski definition) is 4. The summed E-state index contributed by atoms with van der Waals surface area (Å²) in [5, 5.41) is 0.768. The van der Waals surface area contributed by atoms with Crippen LogP contribution in [0.5, 0.6) is 0 Å². The number of aryl methyl sites for hydroxylation is 1. The quantitative estimate of drug-likeness (QED) is 0.845. The van der Waals surface area contributed by atoms with E-state index in [0.717, 1.165) is 21.2 Å². The van der Waals surface area contributed by atoms with Gasteiger partial charge >= 0.3 is 0 Å². The summed E-state index contributed by atoms with van der Waals surface area (Å²) in [5.41, 5.74) is 8.01. The molecule has 0 fully saturated rings. The van der Waals surface area contributed by atoms with Gasteiger partial charge < -0.3 is 5.73 Å². The second kappa shape index (κ2) is 5.29. The minimum absolute atomic E-state index is 0.0738. The van der Waals surface area contributed by atoms with Crippen molar-refractivity contribution in [3.05, 3.63) is 47.8 Å². The standard InChI is InChI=1S/C13H15N3S/c1-9-7-15-13(16-8-9)17-12-5-3-11(4-6-12)10(2)14/h3-8,10H,14H2,1-2H3/t10-/m0/s1. The normalized spacial score (nSPS) is 12.4. The largest absolute Gasteiger partial charge is 0.324 e. The van der Waals surface area contributed by atoms with Crippen molar-refractivity contribution in [2.75, 3.05) is 0 Å². The summed E-state index contributed by atoms with van der Waals surface area (Å²) in [6.07, 6.45) is 3.65. The molecule has 0 radical (unpaired) electrons. The molecule has 0 aliphatic rings. The summed E-state index contributed by atoms with van der Waals surface area (Å²) in [6.45, 7) is 3.96. The molecule has 0 spiro atoms. The van der Waals surface area contributed by atoms with Crippen LogP contribution >= 0.6 is 11.8 Å². The first-order valence-electron chi connectivity index (χ1n) is 5.47. The van der Waals surface area contributed by atoms with Crippen molar-refractivity contribution in [1.29, 1.82) is 0 Å². The van der Waals surface area contributed by atoms with Crippen LogP contribution in [0.2, 0.25) is 0 Å². The molecule has 1 heterocycles. The van der Waals surface area contributed by atoms with Crippen LogP contribution in [0.15, 0.2) is 46.7 Å². The third-order valence-corrected chi connectivity index (χ3v) is 3.27. The number of hydrogen-bond donors (Lipinski definition) is 1. The van der Waals surface area contributed by atoms with Gasteiger partial charge in [0.15, 0.2) is 5.16 Å². The first-order valence-corrected chi connectivity index (χ1v) is 6.29. The molecule has 0 unspecified atom stereocenters. The van der Waals surface area contributed by atoms with Crippen molar-refractivity contribution in [2.45, 2.75) is 29.9 Å². The molecule has 4 heteroatoms. The van der Waals surface area contributed by atoms with E-state index in [-0.39, 0.29) is 6.04 Å². The molecule has 0 aliphatic carbocycles. The zero-order valence-corrected chi connectivity index (χ0v) is 10.7. The molecular formula is C13H15N3S. The van der Waals surface area contributed by atoms with Gasteiger partial charge in [-0.2, -0.15) is 0 Å². The zero-order chi connectivity index (χ0) is 12.3. The second-order valence-electron chi connectivity index (χ2n) is 4.00. The molecule has 0 bridgehead atoms. The van der Waals surface area contributed by atoms with E-state index in [9.17, 15) is 0 Å². The smallest absolute Gasteiger partial charge is 0.192 e. The van der Waals surface area contributed by atoms with Crippen molar-refractivity contribution < 1.29 is 0 Å². The third-order valence-electron chi connectivity index (χ3n) is 2.37. The van der Waals surface area contributed by atoms with Gasteiger partial charge in [0.25, 0.3) is 0 Å². The lowest BCUT2D eigenvalue weighted by atomic mass is 10.1. The lowest BCUT2D eigenvalue weighted by Gasteiger charge is -2.06. The maximum Gasteiger partial charge on any atom is 0.192 e. The Morgan fingerprint density at radius 3 is 2.24 bits per heavy atom. The number of nitrogens with two attached hydrogens (primary N) is 1. The molecule has 2 N–H and O–H groups in total. The van der Waals surface area contributed by atoms with Gasteiger partial charge in [-0.25, -0.2) is 9.97 Å². The molecule has 88 valence electrons. The molecule has 2 rings (SSSR count). The minimum atomic E-state index is 0.0738.